The van der Waals surface area contributed by atoms with Crippen LogP contribution in [-0.4, -0.2) is 44.3 Å². The van der Waals surface area contributed by atoms with E-state index in [0.29, 0.717) is 19.8 Å². The minimum Gasteiger partial charge on any atom is -0.430 e. The number of esters is 1. The lowest BCUT2D eigenvalue weighted by Crippen LogP contribution is -2.31. The van der Waals surface area contributed by atoms with E-state index >= 15 is 0 Å². The Balaban J connectivity index is 1.18. The molecule has 8 heteroatoms. The van der Waals surface area contributed by atoms with Crippen LogP contribution in [0.1, 0.15) is 22.3 Å². The standard InChI is InChI=1S/C26H30O6P2/c27-24(12-11-19-5-9-21(17-34)10-6-19)31-26-25-22(14-29-26)23(15-28-25)32-30-13-1-2-18-3-7-20(16-33)8-4-18/h1-12,22-23,25-26H,13-17,33-34H2/b2-1+,12-11+/t22-,23+,25+,26+/m1/s1. The van der Waals surface area contributed by atoms with Gasteiger partial charge in [0.05, 0.1) is 13.2 Å². The Hall–Kier alpha value is -1.91. The van der Waals surface area contributed by atoms with E-state index in [2.05, 4.69) is 42.7 Å². The van der Waals surface area contributed by atoms with E-state index in [-0.39, 0.29) is 18.1 Å². The number of benzene rings is 2. The van der Waals surface area contributed by atoms with Crippen molar-refractivity contribution in [3.8, 4) is 0 Å². The summed E-state index contributed by atoms with van der Waals surface area (Å²) in [5.41, 5.74) is 4.52. The van der Waals surface area contributed by atoms with Gasteiger partial charge in [-0.3, -0.25) is 0 Å². The van der Waals surface area contributed by atoms with Gasteiger partial charge in [-0.1, -0.05) is 60.7 Å². The van der Waals surface area contributed by atoms with E-state index in [1.807, 2.05) is 36.4 Å². The van der Waals surface area contributed by atoms with Gasteiger partial charge in [-0.15, -0.1) is 18.5 Å². The highest BCUT2D eigenvalue weighted by atomic mass is 31.0. The van der Waals surface area contributed by atoms with Crippen LogP contribution >= 0.6 is 18.5 Å². The zero-order valence-corrected chi connectivity index (χ0v) is 21.2. The molecular weight excluding hydrogens is 470 g/mol. The van der Waals surface area contributed by atoms with E-state index in [4.69, 9.17) is 24.0 Å². The molecule has 0 amide bonds. The van der Waals surface area contributed by atoms with Gasteiger partial charge >= 0.3 is 5.97 Å². The molecular formula is C26H30O6P2. The molecule has 0 aromatic heterocycles. The van der Waals surface area contributed by atoms with Crippen molar-refractivity contribution in [1.29, 1.82) is 0 Å². The number of rotatable bonds is 10. The van der Waals surface area contributed by atoms with Crippen LogP contribution in [0, 0.1) is 5.92 Å². The van der Waals surface area contributed by atoms with Crippen molar-refractivity contribution >= 4 is 36.6 Å². The van der Waals surface area contributed by atoms with Crippen LogP contribution in [0.3, 0.4) is 0 Å². The fourth-order valence-electron chi connectivity index (χ4n) is 3.85. The average Bonchev–Trinajstić information content (AvgIpc) is 3.46. The Morgan fingerprint density at radius 3 is 2.21 bits per heavy atom. The molecule has 0 N–H and O–H groups in total. The molecule has 180 valence electrons. The summed E-state index contributed by atoms with van der Waals surface area (Å²) in [6.45, 7) is 1.07. The van der Waals surface area contributed by atoms with Gasteiger partial charge in [-0.05, 0) is 40.7 Å². The third-order valence-electron chi connectivity index (χ3n) is 5.81. The lowest BCUT2D eigenvalue weighted by molar-refractivity contribution is -0.322. The summed E-state index contributed by atoms with van der Waals surface area (Å²) in [4.78, 5) is 23.2. The molecule has 2 heterocycles. The predicted molar refractivity (Wildman–Crippen MR) is 138 cm³/mol. The number of fused-ring (bicyclic) bond motifs is 1. The van der Waals surface area contributed by atoms with E-state index < -0.39 is 12.3 Å². The second-order valence-corrected chi connectivity index (χ2v) is 8.96. The largest absolute Gasteiger partial charge is 0.430 e. The molecule has 0 radical (unpaired) electrons. The van der Waals surface area contributed by atoms with E-state index in [1.54, 1.807) is 6.08 Å². The lowest BCUT2D eigenvalue weighted by atomic mass is 10.0. The summed E-state index contributed by atoms with van der Waals surface area (Å²) in [5.74, 6) is -0.523. The molecule has 2 aliphatic rings. The second-order valence-electron chi connectivity index (χ2n) is 8.15. The first-order valence-electron chi connectivity index (χ1n) is 11.3. The topological polar surface area (TPSA) is 63.2 Å². The van der Waals surface area contributed by atoms with Crippen LogP contribution in [0.15, 0.2) is 60.7 Å². The maximum atomic E-state index is 12.2. The molecule has 2 unspecified atom stereocenters. The lowest BCUT2D eigenvalue weighted by Gasteiger charge is -2.16. The third-order valence-corrected chi connectivity index (χ3v) is 6.76. The van der Waals surface area contributed by atoms with Crippen molar-refractivity contribution < 1.29 is 28.8 Å². The molecule has 2 aromatic rings. The van der Waals surface area contributed by atoms with Crippen LogP contribution in [0.25, 0.3) is 12.2 Å². The van der Waals surface area contributed by atoms with E-state index in [0.717, 1.165) is 23.5 Å². The van der Waals surface area contributed by atoms with E-state index in [9.17, 15) is 4.79 Å². The van der Waals surface area contributed by atoms with Gasteiger partial charge in [0.2, 0.25) is 6.29 Å². The molecule has 0 spiro atoms. The van der Waals surface area contributed by atoms with E-state index in [1.165, 1.54) is 17.2 Å². The highest BCUT2D eigenvalue weighted by Crippen LogP contribution is 2.34. The first kappa shape index (κ1) is 25.2. The predicted octanol–water partition coefficient (Wildman–Crippen LogP) is 4.39. The number of carbonyl (C=O) groups is 1. The average molecular weight is 500 g/mol. The van der Waals surface area contributed by atoms with Crippen LogP contribution < -0.4 is 0 Å². The summed E-state index contributed by atoms with van der Waals surface area (Å²) in [6, 6.07) is 16.3. The highest BCUT2D eigenvalue weighted by Gasteiger charge is 2.50. The van der Waals surface area contributed by atoms with Gasteiger partial charge in [-0.25, -0.2) is 14.6 Å². The minimum atomic E-state index is -0.750. The molecule has 2 fully saturated rings. The first-order valence-corrected chi connectivity index (χ1v) is 12.9. The SMILES string of the molecule is O=C(/C=C/c1ccc(CP)cc1)O[C@@H]1OC[C@H]2[C@@H]1OC[C@@H]2OOC/C=C/c1ccc(CP)cc1. The molecule has 2 aliphatic heterocycles. The molecule has 0 saturated carbocycles. The summed E-state index contributed by atoms with van der Waals surface area (Å²) < 4.78 is 16.9. The third kappa shape index (κ3) is 6.82. The van der Waals surface area contributed by atoms with Crippen molar-refractivity contribution in [2.24, 2.45) is 5.92 Å². The fourth-order valence-corrected chi connectivity index (χ4v) is 4.39. The number of hydrogen-bond donors (Lipinski definition) is 0. The smallest absolute Gasteiger partial charge is 0.333 e. The molecule has 2 saturated heterocycles. The maximum Gasteiger partial charge on any atom is 0.333 e. The Morgan fingerprint density at radius 1 is 0.912 bits per heavy atom. The summed E-state index contributed by atoms with van der Waals surface area (Å²) in [7, 11) is 5.40. The Labute approximate surface area is 205 Å². The highest BCUT2D eigenvalue weighted by molar-refractivity contribution is 7.15. The quantitative estimate of drug-likeness (QED) is 0.120. The number of ether oxygens (including phenoxy) is 3. The van der Waals surface area contributed by atoms with Gasteiger partial charge in [0.15, 0.2) is 0 Å². The summed E-state index contributed by atoms with van der Waals surface area (Å²) in [6.07, 6.45) is 7.48. The molecule has 34 heavy (non-hydrogen) atoms. The molecule has 6 nitrogen and oxygen atoms in total. The Bertz CT molecular complexity index is 989. The second kappa shape index (κ2) is 12.7. The Kier molecular flexibility index (Phi) is 9.41. The van der Waals surface area contributed by atoms with Gasteiger partial charge < -0.3 is 14.2 Å². The first-order chi connectivity index (χ1) is 16.7. The molecule has 4 rings (SSSR count). The van der Waals surface area contributed by atoms with Crippen LogP contribution in [0.5, 0.6) is 0 Å². The van der Waals surface area contributed by atoms with Crippen molar-refractivity contribution in [2.45, 2.75) is 30.8 Å². The van der Waals surface area contributed by atoms with Crippen LogP contribution in [0.2, 0.25) is 0 Å². The van der Waals surface area contributed by atoms with Crippen molar-refractivity contribution in [2.75, 3.05) is 19.8 Å². The van der Waals surface area contributed by atoms with Crippen LogP contribution in [-0.2, 0) is 41.1 Å². The zero-order chi connectivity index (χ0) is 23.8. The Morgan fingerprint density at radius 2 is 1.56 bits per heavy atom. The van der Waals surface area contributed by atoms with Gasteiger partial charge in [0, 0.05) is 12.0 Å². The summed E-state index contributed by atoms with van der Waals surface area (Å²) >= 11 is 0. The number of hydrogen-bond acceptors (Lipinski definition) is 6. The molecule has 6 atom stereocenters. The van der Waals surface area contributed by atoms with Gasteiger partial charge in [0.1, 0.15) is 18.8 Å². The van der Waals surface area contributed by atoms with Crippen molar-refractivity contribution in [3.05, 3.63) is 82.9 Å². The molecule has 2 aromatic carbocycles. The maximum absolute atomic E-state index is 12.2. The monoisotopic (exact) mass is 500 g/mol. The zero-order valence-electron chi connectivity index (χ0n) is 18.9. The van der Waals surface area contributed by atoms with Gasteiger partial charge in [0.25, 0.3) is 0 Å². The fraction of sp³-hybridized carbons (Fsp3) is 0.346. The summed E-state index contributed by atoms with van der Waals surface area (Å²) in [5, 5.41) is 0. The molecule has 0 bridgehead atoms. The molecule has 0 aliphatic carbocycles. The minimum absolute atomic E-state index is 0.0512. The van der Waals surface area contributed by atoms with Gasteiger partial charge in [-0.2, -0.15) is 0 Å². The number of carbonyl (C=O) groups excluding carboxylic acids is 1. The normalized spacial score (nSPS) is 24.2. The van der Waals surface area contributed by atoms with Crippen molar-refractivity contribution in [3.63, 3.8) is 0 Å². The van der Waals surface area contributed by atoms with Crippen LogP contribution in [0.4, 0.5) is 0 Å². The van der Waals surface area contributed by atoms with Crippen molar-refractivity contribution in [1.82, 2.24) is 0 Å².